The minimum absolute atomic E-state index is 0.0793. The Labute approximate surface area is 101 Å². The van der Waals surface area contributed by atoms with E-state index in [1.807, 2.05) is 0 Å². The van der Waals surface area contributed by atoms with Gasteiger partial charge < -0.3 is 11.1 Å². The third-order valence-electron chi connectivity index (χ3n) is 2.44. The van der Waals surface area contributed by atoms with Crippen molar-refractivity contribution in [2.75, 3.05) is 11.1 Å². The average Bonchev–Trinajstić information content (AvgIpc) is 2.13. The van der Waals surface area contributed by atoms with Gasteiger partial charge in [0.2, 0.25) is 0 Å². The normalized spacial score (nSPS) is 11.6. The van der Waals surface area contributed by atoms with Gasteiger partial charge in [-0.15, -0.1) is 0 Å². The topological polar surface area (TPSA) is 38.0 Å². The molecule has 0 unspecified atom stereocenters. The summed E-state index contributed by atoms with van der Waals surface area (Å²) in [5, 5.41) is 3.37. The first-order valence-corrected chi connectivity index (χ1v) is 5.76. The van der Waals surface area contributed by atoms with Gasteiger partial charge >= 0.3 is 0 Å². The van der Waals surface area contributed by atoms with Crippen molar-refractivity contribution < 1.29 is 4.39 Å². The maximum Gasteiger partial charge on any atom is 0.143 e. The van der Waals surface area contributed by atoms with Gasteiger partial charge in [-0.3, -0.25) is 0 Å². The van der Waals surface area contributed by atoms with Crippen molar-refractivity contribution in [1.29, 1.82) is 0 Å². The zero-order valence-electron chi connectivity index (χ0n) is 9.90. The summed E-state index contributed by atoms with van der Waals surface area (Å²) < 4.78 is 13.1. The van der Waals surface area contributed by atoms with Crippen molar-refractivity contribution in [2.45, 2.75) is 39.2 Å². The van der Waals surface area contributed by atoms with Crippen molar-refractivity contribution in [1.82, 2.24) is 0 Å². The molecule has 4 heteroatoms. The zero-order chi connectivity index (χ0) is 12.3. The summed E-state index contributed by atoms with van der Waals surface area (Å²) in [6.45, 7) is 6.27. The number of rotatable bonds is 4. The summed E-state index contributed by atoms with van der Waals surface area (Å²) >= 11 is 5.72. The van der Waals surface area contributed by atoms with Crippen LogP contribution in [0.1, 0.15) is 33.6 Å². The molecule has 90 valence electrons. The van der Waals surface area contributed by atoms with E-state index in [9.17, 15) is 4.39 Å². The van der Waals surface area contributed by atoms with E-state index in [0.29, 0.717) is 11.4 Å². The number of nitrogens with two attached hydrogens (primary N) is 1. The first kappa shape index (κ1) is 13.1. The first-order valence-electron chi connectivity index (χ1n) is 5.38. The Morgan fingerprint density at radius 2 is 2.06 bits per heavy atom. The van der Waals surface area contributed by atoms with Gasteiger partial charge in [0.15, 0.2) is 0 Å². The number of nitrogens with one attached hydrogen (secondary N) is 1. The molecule has 0 saturated carbocycles. The van der Waals surface area contributed by atoms with Gasteiger partial charge in [-0.2, -0.15) is 0 Å². The third-order valence-corrected chi connectivity index (χ3v) is 2.73. The fourth-order valence-corrected chi connectivity index (χ4v) is 1.89. The molecule has 0 heterocycles. The molecule has 0 bridgehead atoms. The lowest BCUT2D eigenvalue weighted by molar-refractivity contribution is 0.511. The van der Waals surface area contributed by atoms with E-state index in [1.165, 1.54) is 12.1 Å². The van der Waals surface area contributed by atoms with E-state index in [1.54, 1.807) is 0 Å². The van der Waals surface area contributed by atoms with Gasteiger partial charge in [0.25, 0.3) is 0 Å². The van der Waals surface area contributed by atoms with Crippen LogP contribution in [0.3, 0.4) is 0 Å². The summed E-state index contributed by atoms with van der Waals surface area (Å²) in [7, 11) is 0. The Morgan fingerprint density at radius 3 is 2.62 bits per heavy atom. The molecule has 2 nitrogen and oxygen atoms in total. The van der Waals surface area contributed by atoms with Crippen LogP contribution in [0.4, 0.5) is 15.8 Å². The fraction of sp³-hybridized carbons (Fsp3) is 0.500. The lowest BCUT2D eigenvalue weighted by Gasteiger charge is -2.28. The van der Waals surface area contributed by atoms with Gasteiger partial charge in [0.1, 0.15) is 5.82 Å². The molecule has 0 atom stereocenters. The molecular weight excluding hydrogens is 227 g/mol. The van der Waals surface area contributed by atoms with Crippen LogP contribution in [0.2, 0.25) is 5.02 Å². The van der Waals surface area contributed by atoms with E-state index in [2.05, 4.69) is 26.1 Å². The smallest absolute Gasteiger partial charge is 0.143 e. The molecule has 1 rings (SSSR count). The SMILES string of the molecule is CCCC(C)(C)Nc1cc(Cl)c(F)cc1N. The van der Waals surface area contributed by atoms with E-state index in [4.69, 9.17) is 17.3 Å². The Kier molecular flexibility index (Phi) is 4.03. The van der Waals surface area contributed by atoms with Crippen LogP contribution in [0.5, 0.6) is 0 Å². The Morgan fingerprint density at radius 1 is 1.44 bits per heavy atom. The molecule has 3 N–H and O–H groups in total. The minimum Gasteiger partial charge on any atom is -0.397 e. The van der Waals surface area contributed by atoms with E-state index in [-0.39, 0.29) is 10.6 Å². The van der Waals surface area contributed by atoms with Crippen molar-refractivity contribution in [3.05, 3.63) is 23.0 Å². The number of hydrogen-bond donors (Lipinski definition) is 2. The summed E-state index contributed by atoms with van der Waals surface area (Å²) in [6, 6.07) is 2.77. The van der Waals surface area contributed by atoms with Crippen LogP contribution in [0.25, 0.3) is 0 Å². The van der Waals surface area contributed by atoms with Crippen molar-refractivity contribution in [2.24, 2.45) is 0 Å². The van der Waals surface area contributed by atoms with Crippen molar-refractivity contribution in [3.63, 3.8) is 0 Å². The monoisotopic (exact) mass is 244 g/mol. The molecule has 0 aliphatic heterocycles. The Bertz CT molecular complexity index is 378. The molecule has 0 aliphatic rings. The van der Waals surface area contributed by atoms with Gasteiger partial charge in [0.05, 0.1) is 16.4 Å². The number of benzene rings is 1. The number of hydrogen-bond acceptors (Lipinski definition) is 2. The standard InChI is InChI=1S/C12H18ClFN2/c1-4-5-12(2,3)16-11-6-8(13)9(14)7-10(11)15/h6-7,16H,4-5,15H2,1-3H3. The quantitative estimate of drug-likeness (QED) is 0.784. The molecule has 1 aromatic carbocycles. The second kappa shape index (κ2) is 4.91. The minimum atomic E-state index is -0.488. The predicted octanol–water partition coefficient (Wildman–Crippen LogP) is 4.05. The van der Waals surface area contributed by atoms with Crippen LogP contribution in [0.15, 0.2) is 12.1 Å². The fourth-order valence-electron chi connectivity index (χ4n) is 1.72. The zero-order valence-corrected chi connectivity index (χ0v) is 10.7. The maximum atomic E-state index is 13.1. The van der Waals surface area contributed by atoms with Gasteiger partial charge in [-0.25, -0.2) is 4.39 Å². The molecule has 0 aromatic heterocycles. The van der Waals surface area contributed by atoms with E-state index >= 15 is 0 Å². The Balaban J connectivity index is 2.93. The lowest BCUT2D eigenvalue weighted by Crippen LogP contribution is -2.30. The average molecular weight is 245 g/mol. The van der Waals surface area contributed by atoms with E-state index < -0.39 is 5.82 Å². The molecule has 0 aliphatic carbocycles. The molecule has 0 amide bonds. The van der Waals surface area contributed by atoms with Crippen LogP contribution in [-0.2, 0) is 0 Å². The Hall–Kier alpha value is -0.960. The molecular formula is C12H18ClFN2. The third kappa shape index (κ3) is 3.27. The summed E-state index contributed by atoms with van der Waals surface area (Å²) in [5.74, 6) is -0.488. The summed E-state index contributed by atoms with van der Waals surface area (Å²) in [5.41, 5.74) is 6.72. The number of nitrogen functional groups attached to an aromatic ring is 1. The van der Waals surface area contributed by atoms with E-state index in [0.717, 1.165) is 12.8 Å². The molecule has 16 heavy (non-hydrogen) atoms. The highest BCUT2D eigenvalue weighted by atomic mass is 35.5. The molecule has 0 saturated heterocycles. The second-order valence-corrected chi connectivity index (χ2v) is 5.02. The molecule has 0 spiro atoms. The van der Waals surface area contributed by atoms with Crippen LogP contribution in [-0.4, -0.2) is 5.54 Å². The maximum absolute atomic E-state index is 13.1. The first-order chi connectivity index (χ1) is 7.35. The molecule has 1 aromatic rings. The van der Waals surface area contributed by atoms with Crippen LogP contribution >= 0.6 is 11.6 Å². The largest absolute Gasteiger partial charge is 0.397 e. The van der Waals surface area contributed by atoms with Crippen LogP contribution < -0.4 is 11.1 Å². The number of anilines is 2. The molecule has 0 radical (unpaired) electrons. The summed E-state index contributed by atoms with van der Waals surface area (Å²) in [6.07, 6.45) is 2.07. The van der Waals surface area contributed by atoms with Gasteiger partial charge in [0, 0.05) is 11.6 Å². The van der Waals surface area contributed by atoms with Crippen LogP contribution in [0, 0.1) is 5.82 Å². The highest BCUT2D eigenvalue weighted by Crippen LogP contribution is 2.29. The molecule has 0 fully saturated rings. The predicted molar refractivity (Wildman–Crippen MR) is 68.4 cm³/mol. The highest BCUT2D eigenvalue weighted by molar-refractivity contribution is 6.31. The van der Waals surface area contributed by atoms with Crippen molar-refractivity contribution in [3.8, 4) is 0 Å². The highest BCUT2D eigenvalue weighted by Gasteiger charge is 2.18. The lowest BCUT2D eigenvalue weighted by atomic mass is 9.98. The number of halogens is 2. The van der Waals surface area contributed by atoms with Gasteiger partial charge in [-0.05, 0) is 26.3 Å². The summed E-state index contributed by atoms with van der Waals surface area (Å²) in [4.78, 5) is 0. The van der Waals surface area contributed by atoms with Gasteiger partial charge in [-0.1, -0.05) is 24.9 Å². The van der Waals surface area contributed by atoms with Crippen molar-refractivity contribution >= 4 is 23.0 Å². The second-order valence-electron chi connectivity index (χ2n) is 4.61.